The molecule has 0 fully saturated rings. The third kappa shape index (κ3) is 3.30. The van der Waals surface area contributed by atoms with Crippen LogP contribution >= 0.6 is 12.4 Å². The summed E-state index contributed by atoms with van der Waals surface area (Å²) in [6.45, 7) is 3.92. The lowest BCUT2D eigenvalue weighted by molar-refractivity contribution is 0.0940. The molecule has 108 valence electrons. The summed E-state index contributed by atoms with van der Waals surface area (Å²) in [6.07, 6.45) is 1.78. The highest BCUT2D eigenvalue weighted by molar-refractivity contribution is 5.95. The zero-order chi connectivity index (χ0) is 14.0. The average molecular weight is 295 g/mol. The summed E-state index contributed by atoms with van der Waals surface area (Å²) >= 11 is 0. The number of amides is 1. The average Bonchev–Trinajstić information content (AvgIpc) is 2.70. The van der Waals surface area contributed by atoms with E-state index in [1.165, 1.54) is 0 Å². The van der Waals surface area contributed by atoms with Gasteiger partial charge in [-0.2, -0.15) is 5.10 Å². The third-order valence-corrected chi connectivity index (χ3v) is 3.24. The fourth-order valence-corrected chi connectivity index (χ4v) is 1.98. The lowest BCUT2D eigenvalue weighted by Crippen LogP contribution is -2.27. The Labute approximate surface area is 124 Å². The minimum absolute atomic E-state index is 0. The van der Waals surface area contributed by atoms with Gasteiger partial charge in [-0.1, -0.05) is 6.07 Å². The second kappa shape index (κ2) is 6.43. The number of rotatable bonds is 3. The highest BCUT2D eigenvalue weighted by Crippen LogP contribution is 2.17. The van der Waals surface area contributed by atoms with E-state index >= 15 is 0 Å². The summed E-state index contributed by atoms with van der Waals surface area (Å²) in [7, 11) is 1.88. The number of halogens is 1. The first-order valence-electron chi connectivity index (χ1n) is 6.14. The van der Waals surface area contributed by atoms with Gasteiger partial charge in [0.1, 0.15) is 0 Å². The maximum atomic E-state index is 12.1. The van der Waals surface area contributed by atoms with Crippen LogP contribution in [0.2, 0.25) is 0 Å². The van der Waals surface area contributed by atoms with Gasteiger partial charge in [0.2, 0.25) is 0 Å². The number of hydrogen-bond donors (Lipinski definition) is 2. The van der Waals surface area contributed by atoms with Crippen molar-refractivity contribution >= 4 is 24.0 Å². The molecule has 20 heavy (non-hydrogen) atoms. The summed E-state index contributed by atoms with van der Waals surface area (Å²) in [5.41, 5.74) is 8.87. The number of aryl methyl sites for hydroxylation is 1. The predicted octanol–water partition coefficient (Wildman–Crippen LogP) is 2.22. The third-order valence-electron chi connectivity index (χ3n) is 3.24. The number of anilines is 1. The molecule has 1 aromatic heterocycles. The summed E-state index contributed by atoms with van der Waals surface area (Å²) < 4.78 is 1.79. The quantitative estimate of drug-likeness (QED) is 0.853. The number of nitrogens with two attached hydrogens (primary N) is 1. The number of nitrogens with one attached hydrogen (secondary N) is 1. The van der Waals surface area contributed by atoms with Crippen molar-refractivity contribution in [2.45, 2.75) is 19.9 Å². The monoisotopic (exact) mass is 294 g/mol. The zero-order valence-corrected chi connectivity index (χ0v) is 12.6. The van der Waals surface area contributed by atoms with Crippen LogP contribution in [-0.2, 0) is 7.05 Å². The molecule has 6 heteroatoms. The van der Waals surface area contributed by atoms with Crippen molar-refractivity contribution in [2.24, 2.45) is 7.05 Å². The van der Waals surface area contributed by atoms with Gasteiger partial charge in [0, 0.05) is 29.6 Å². The topological polar surface area (TPSA) is 72.9 Å². The van der Waals surface area contributed by atoms with Crippen LogP contribution in [0.15, 0.2) is 30.5 Å². The van der Waals surface area contributed by atoms with Crippen molar-refractivity contribution < 1.29 is 4.79 Å². The number of benzene rings is 1. The van der Waals surface area contributed by atoms with Gasteiger partial charge in [-0.05, 0) is 32.0 Å². The molecule has 2 aromatic rings. The van der Waals surface area contributed by atoms with Gasteiger partial charge < -0.3 is 11.1 Å². The molecular formula is C14H19ClN4O. The molecule has 1 atom stereocenters. The molecule has 0 aliphatic heterocycles. The number of carbonyl (C=O) groups is 1. The van der Waals surface area contributed by atoms with Crippen LogP contribution in [0.25, 0.3) is 0 Å². The molecule has 0 spiro atoms. The maximum Gasteiger partial charge on any atom is 0.251 e. The minimum atomic E-state index is -0.136. The second-order valence-corrected chi connectivity index (χ2v) is 4.63. The lowest BCUT2D eigenvalue weighted by Gasteiger charge is -2.14. The van der Waals surface area contributed by atoms with Crippen LogP contribution in [-0.4, -0.2) is 15.7 Å². The number of nitrogens with zero attached hydrogens (tertiary/aromatic N) is 2. The van der Waals surface area contributed by atoms with E-state index in [0.717, 1.165) is 11.3 Å². The van der Waals surface area contributed by atoms with Crippen LogP contribution in [0, 0.1) is 6.92 Å². The largest absolute Gasteiger partial charge is 0.399 e. The van der Waals surface area contributed by atoms with Crippen LogP contribution in [0.5, 0.6) is 0 Å². The van der Waals surface area contributed by atoms with E-state index in [1.54, 1.807) is 35.1 Å². The van der Waals surface area contributed by atoms with Gasteiger partial charge in [-0.15, -0.1) is 12.4 Å². The predicted molar refractivity (Wildman–Crippen MR) is 81.9 cm³/mol. The van der Waals surface area contributed by atoms with Gasteiger partial charge in [0.05, 0.1) is 12.2 Å². The molecular weight excluding hydrogens is 276 g/mol. The Morgan fingerprint density at radius 1 is 1.45 bits per heavy atom. The lowest BCUT2D eigenvalue weighted by atomic mass is 10.1. The van der Waals surface area contributed by atoms with E-state index in [4.69, 9.17) is 5.73 Å². The first kappa shape index (κ1) is 16.0. The number of nitrogen functional groups attached to an aromatic ring is 1. The Morgan fingerprint density at radius 3 is 2.70 bits per heavy atom. The fourth-order valence-electron chi connectivity index (χ4n) is 1.98. The summed E-state index contributed by atoms with van der Waals surface area (Å²) in [5.74, 6) is -0.136. The van der Waals surface area contributed by atoms with Crippen LogP contribution in [0.1, 0.15) is 34.6 Å². The molecule has 1 amide bonds. The molecule has 0 radical (unpaired) electrons. The Morgan fingerprint density at radius 2 is 2.15 bits per heavy atom. The molecule has 0 bridgehead atoms. The Bertz CT molecular complexity index is 609. The van der Waals surface area contributed by atoms with E-state index < -0.39 is 0 Å². The first-order valence-corrected chi connectivity index (χ1v) is 6.14. The summed E-state index contributed by atoms with van der Waals surface area (Å²) in [6, 6.07) is 6.84. The maximum absolute atomic E-state index is 12.1. The first-order chi connectivity index (χ1) is 8.99. The van der Waals surface area contributed by atoms with Gasteiger partial charge in [0.15, 0.2) is 0 Å². The van der Waals surface area contributed by atoms with E-state index in [2.05, 4.69) is 10.4 Å². The van der Waals surface area contributed by atoms with Crippen molar-refractivity contribution in [3.8, 4) is 0 Å². The fraction of sp³-hybridized carbons (Fsp3) is 0.286. The number of carbonyl (C=O) groups excluding carboxylic acids is 1. The molecule has 3 N–H and O–H groups in total. The van der Waals surface area contributed by atoms with Crippen molar-refractivity contribution in [1.82, 2.24) is 15.1 Å². The van der Waals surface area contributed by atoms with Gasteiger partial charge in [0.25, 0.3) is 5.91 Å². The smallest absolute Gasteiger partial charge is 0.251 e. The van der Waals surface area contributed by atoms with Crippen molar-refractivity contribution in [3.63, 3.8) is 0 Å². The molecule has 2 rings (SSSR count). The van der Waals surface area contributed by atoms with E-state index in [-0.39, 0.29) is 24.4 Å². The van der Waals surface area contributed by atoms with Crippen molar-refractivity contribution in [2.75, 3.05) is 5.73 Å². The van der Waals surface area contributed by atoms with Gasteiger partial charge in [-0.3, -0.25) is 9.48 Å². The SMILES string of the molecule is Cc1c(C(C)NC(=O)c2cccc(N)c2)cnn1C.Cl. The molecule has 0 aliphatic rings. The molecule has 1 unspecified atom stereocenters. The van der Waals surface area contributed by atoms with Gasteiger partial charge in [-0.25, -0.2) is 0 Å². The molecule has 0 aliphatic carbocycles. The Kier molecular flexibility index (Phi) is 5.16. The number of aromatic nitrogens is 2. The standard InChI is InChI=1S/C14H18N4O.ClH/c1-9(13-8-16-18(3)10(13)2)17-14(19)11-5-4-6-12(15)7-11;/h4-9H,15H2,1-3H3,(H,17,19);1H. The number of hydrogen-bond acceptors (Lipinski definition) is 3. The van der Waals surface area contributed by atoms with E-state index in [9.17, 15) is 4.79 Å². The minimum Gasteiger partial charge on any atom is -0.399 e. The summed E-state index contributed by atoms with van der Waals surface area (Å²) in [5, 5.41) is 7.12. The van der Waals surface area contributed by atoms with Crippen LogP contribution in [0.4, 0.5) is 5.69 Å². The Hall–Kier alpha value is -2.01. The summed E-state index contributed by atoms with van der Waals surface area (Å²) in [4.78, 5) is 12.1. The molecule has 5 nitrogen and oxygen atoms in total. The molecule has 0 saturated heterocycles. The van der Waals surface area contributed by atoms with Crippen LogP contribution < -0.4 is 11.1 Å². The zero-order valence-electron chi connectivity index (χ0n) is 11.8. The normalized spacial score (nSPS) is 11.6. The van der Waals surface area contributed by atoms with Crippen molar-refractivity contribution in [1.29, 1.82) is 0 Å². The molecule has 1 aromatic carbocycles. The van der Waals surface area contributed by atoms with E-state index in [0.29, 0.717) is 11.3 Å². The highest BCUT2D eigenvalue weighted by atomic mass is 35.5. The van der Waals surface area contributed by atoms with Gasteiger partial charge >= 0.3 is 0 Å². The molecule has 0 saturated carbocycles. The van der Waals surface area contributed by atoms with Crippen LogP contribution in [0.3, 0.4) is 0 Å². The second-order valence-electron chi connectivity index (χ2n) is 4.63. The van der Waals surface area contributed by atoms with Crippen molar-refractivity contribution in [3.05, 3.63) is 47.3 Å². The Balaban J connectivity index is 0.00000200. The van der Waals surface area contributed by atoms with E-state index in [1.807, 2.05) is 20.9 Å². The highest BCUT2D eigenvalue weighted by Gasteiger charge is 2.15. The molecule has 1 heterocycles.